The molecule has 2 rings (SSSR count). The largest absolute Gasteiger partial charge is 0.391 e. The Morgan fingerprint density at radius 2 is 1.76 bits per heavy atom. The summed E-state index contributed by atoms with van der Waals surface area (Å²) in [5.41, 5.74) is 0. The zero-order valence-electron chi connectivity index (χ0n) is 12.4. The van der Waals surface area contributed by atoms with E-state index in [0.29, 0.717) is 23.4 Å². The van der Waals surface area contributed by atoms with E-state index in [4.69, 9.17) is 0 Å². The van der Waals surface area contributed by atoms with E-state index in [-0.39, 0.29) is 11.5 Å². The van der Waals surface area contributed by atoms with Gasteiger partial charge in [0, 0.05) is 23.2 Å². The smallest absolute Gasteiger partial charge is 0.244 e. The molecule has 1 heterocycles. The van der Waals surface area contributed by atoms with E-state index >= 15 is 0 Å². The molecule has 0 atom stereocenters. The summed E-state index contributed by atoms with van der Waals surface area (Å²) in [6, 6.07) is 7.42. The fraction of sp³-hybridized carbons (Fsp3) is 0.467. The fourth-order valence-electron chi connectivity index (χ4n) is 2.44. The van der Waals surface area contributed by atoms with Gasteiger partial charge in [-0.05, 0) is 18.9 Å². The second kappa shape index (κ2) is 6.87. The maximum Gasteiger partial charge on any atom is 0.244 e. The van der Waals surface area contributed by atoms with Gasteiger partial charge < -0.3 is 5.11 Å². The average molecular weight is 327 g/mol. The molecule has 0 amide bonds. The molecule has 0 bridgehead atoms. The monoisotopic (exact) mass is 327 g/mol. The Kier molecular flexibility index (Phi) is 5.37. The van der Waals surface area contributed by atoms with Gasteiger partial charge in [0.2, 0.25) is 10.0 Å². The van der Waals surface area contributed by atoms with Crippen molar-refractivity contribution >= 4 is 31.4 Å². The first kappa shape index (κ1) is 16.4. The highest BCUT2D eigenvalue weighted by Gasteiger charge is 2.29. The molecule has 1 aromatic heterocycles. The van der Waals surface area contributed by atoms with Gasteiger partial charge in [-0.15, -0.1) is 11.3 Å². The average Bonchev–Trinajstić information content (AvgIpc) is 2.86. The third kappa shape index (κ3) is 3.13. The van der Waals surface area contributed by atoms with Gasteiger partial charge in [0.15, 0.2) is 0 Å². The van der Waals surface area contributed by atoms with Crippen molar-refractivity contribution in [2.75, 3.05) is 13.1 Å². The summed E-state index contributed by atoms with van der Waals surface area (Å²) >= 11 is 1.35. The summed E-state index contributed by atoms with van der Waals surface area (Å²) in [6.07, 6.45) is 1.55. The Labute approximate surface area is 130 Å². The summed E-state index contributed by atoms with van der Waals surface area (Å²) in [4.78, 5) is 0.806. The lowest BCUT2D eigenvalue weighted by atomic mass is 10.2. The summed E-state index contributed by atoms with van der Waals surface area (Å²) < 4.78 is 28.4. The Morgan fingerprint density at radius 3 is 2.33 bits per heavy atom. The molecule has 2 aromatic rings. The number of rotatable bonds is 7. The van der Waals surface area contributed by atoms with E-state index in [0.717, 1.165) is 17.5 Å². The van der Waals surface area contributed by atoms with E-state index in [1.165, 1.54) is 15.6 Å². The first-order chi connectivity index (χ1) is 10.1. The standard InChI is InChI=1S/C15H21NO3S2/c1-3-9-16(10-4-2)21(18,19)15-12-7-5-6-8-13(12)20-14(15)11-17/h5-8,17H,3-4,9-11H2,1-2H3. The normalized spacial score (nSPS) is 12.4. The molecule has 0 saturated heterocycles. The number of benzene rings is 1. The van der Waals surface area contributed by atoms with Crippen LogP contribution in [-0.4, -0.2) is 30.9 Å². The number of hydrogen-bond acceptors (Lipinski definition) is 4. The molecule has 116 valence electrons. The van der Waals surface area contributed by atoms with Crippen LogP contribution in [-0.2, 0) is 16.6 Å². The van der Waals surface area contributed by atoms with E-state index in [9.17, 15) is 13.5 Å². The van der Waals surface area contributed by atoms with Crippen molar-refractivity contribution in [3.05, 3.63) is 29.1 Å². The van der Waals surface area contributed by atoms with Gasteiger partial charge in [0.1, 0.15) is 4.90 Å². The Balaban J connectivity index is 2.62. The molecule has 0 aliphatic heterocycles. The first-order valence-corrected chi connectivity index (χ1v) is 9.43. The molecule has 6 heteroatoms. The SMILES string of the molecule is CCCN(CCC)S(=O)(=O)c1c(CO)sc2ccccc12. The predicted molar refractivity (Wildman–Crippen MR) is 87.1 cm³/mol. The van der Waals surface area contributed by atoms with Crippen molar-refractivity contribution in [2.24, 2.45) is 0 Å². The third-order valence-electron chi connectivity index (χ3n) is 3.31. The zero-order chi connectivity index (χ0) is 15.5. The van der Waals surface area contributed by atoms with Gasteiger partial charge in [-0.2, -0.15) is 4.31 Å². The van der Waals surface area contributed by atoms with Gasteiger partial charge in [0.05, 0.1) is 11.5 Å². The number of nitrogens with zero attached hydrogens (tertiary/aromatic N) is 1. The molecule has 1 N–H and O–H groups in total. The summed E-state index contributed by atoms with van der Waals surface area (Å²) in [5, 5.41) is 10.3. The number of fused-ring (bicyclic) bond motifs is 1. The number of hydrogen-bond donors (Lipinski definition) is 1. The van der Waals surface area contributed by atoms with Crippen molar-refractivity contribution in [3.63, 3.8) is 0 Å². The van der Waals surface area contributed by atoms with Crippen LogP contribution >= 0.6 is 11.3 Å². The van der Waals surface area contributed by atoms with E-state index in [1.807, 2.05) is 38.1 Å². The molecule has 0 radical (unpaired) electrons. The lowest BCUT2D eigenvalue weighted by molar-refractivity contribution is 0.282. The molecule has 0 spiro atoms. The third-order valence-corrected chi connectivity index (χ3v) is 6.62. The first-order valence-electron chi connectivity index (χ1n) is 7.17. The number of aliphatic hydroxyl groups is 1. The minimum absolute atomic E-state index is 0.250. The molecule has 0 aliphatic rings. The van der Waals surface area contributed by atoms with Crippen molar-refractivity contribution < 1.29 is 13.5 Å². The minimum atomic E-state index is -3.57. The van der Waals surface area contributed by atoms with Crippen LogP contribution in [0.15, 0.2) is 29.2 Å². The van der Waals surface area contributed by atoms with E-state index in [2.05, 4.69) is 0 Å². The molecule has 0 aliphatic carbocycles. The topological polar surface area (TPSA) is 57.6 Å². The van der Waals surface area contributed by atoms with Crippen LogP contribution in [0.25, 0.3) is 10.1 Å². The summed E-state index contributed by atoms with van der Waals surface area (Å²) in [7, 11) is -3.57. The second-order valence-electron chi connectivity index (χ2n) is 4.91. The molecular weight excluding hydrogens is 306 g/mol. The zero-order valence-corrected chi connectivity index (χ0v) is 14.0. The quantitative estimate of drug-likeness (QED) is 0.849. The Hall–Kier alpha value is -0.950. The minimum Gasteiger partial charge on any atom is -0.391 e. The number of aliphatic hydroxyl groups excluding tert-OH is 1. The van der Waals surface area contributed by atoms with Crippen LogP contribution in [0.1, 0.15) is 31.6 Å². The Morgan fingerprint density at radius 1 is 1.14 bits per heavy atom. The highest BCUT2D eigenvalue weighted by molar-refractivity contribution is 7.89. The lowest BCUT2D eigenvalue weighted by Gasteiger charge is -2.21. The van der Waals surface area contributed by atoms with Gasteiger partial charge in [0.25, 0.3) is 0 Å². The van der Waals surface area contributed by atoms with Gasteiger partial charge in [-0.25, -0.2) is 8.42 Å². The fourth-order valence-corrected chi connectivity index (χ4v) is 5.82. The second-order valence-corrected chi connectivity index (χ2v) is 7.92. The highest BCUT2D eigenvalue weighted by atomic mass is 32.2. The predicted octanol–water partition coefficient (Wildman–Crippen LogP) is 3.20. The lowest BCUT2D eigenvalue weighted by Crippen LogP contribution is -2.33. The van der Waals surface area contributed by atoms with E-state index < -0.39 is 10.0 Å². The van der Waals surface area contributed by atoms with Crippen LogP contribution < -0.4 is 0 Å². The molecule has 0 saturated carbocycles. The van der Waals surface area contributed by atoms with Gasteiger partial charge in [-0.3, -0.25) is 0 Å². The van der Waals surface area contributed by atoms with Crippen molar-refractivity contribution in [1.29, 1.82) is 0 Å². The van der Waals surface area contributed by atoms with Crippen LogP contribution in [0, 0.1) is 0 Å². The Bertz CT molecular complexity index is 701. The van der Waals surface area contributed by atoms with Gasteiger partial charge >= 0.3 is 0 Å². The molecule has 1 aromatic carbocycles. The van der Waals surface area contributed by atoms with Crippen LogP contribution in [0.4, 0.5) is 0 Å². The van der Waals surface area contributed by atoms with Crippen LogP contribution in [0.3, 0.4) is 0 Å². The number of sulfonamides is 1. The van der Waals surface area contributed by atoms with Gasteiger partial charge in [-0.1, -0.05) is 32.0 Å². The molecule has 4 nitrogen and oxygen atoms in total. The van der Waals surface area contributed by atoms with Crippen LogP contribution in [0.2, 0.25) is 0 Å². The van der Waals surface area contributed by atoms with Crippen LogP contribution in [0.5, 0.6) is 0 Å². The number of thiophene rings is 1. The highest BCUT2D eigenvalue weighted by Crippen LogP contribution is 2.36. The summed E-state index contributed by atoms with van der Waals surface area (Å²) in [6.45, 7) is 4.70. The molecule has 0 unspecified atom stereocenters. The maximum absolute atomic E-state index is 13.0. The van der Waals surface area contributed by atoms with Crippen molar-refractivity contribution in [1.82, 2.24) is 4.31 Å². The summed E-state index contributed by atoms with van der Waals surface area (Å²) in [5.74, 6) is 0. The van der Waals surface area contributed by atoms with Crippen molar-refractivity contribution in [3.8, 4) is 0 Å². The molecule has 0 fully saturated rings. The maximum atomic E-state index is 13.0. The van der Waals surface area contributed by atoms with E-state index in [1.54, 1.807) is 0 Å². The molecular formula is C15H21NO3S2. The molecule has 21 heavy (non-hydrogen) atoms. The van der Waals surface area contributed by atoms with Crippen molar-refractivity contribution in [2.45, 2.75) is 38.2 Å².